The van der Waals surface area contributed by atoms with E-state index in [1.54, 1.807) is 18.9 Å². The number of hydrogen-bond acceptors (Lipinski definition) is 5. The van der Waals surface area contributed by atoms with Crippen LogP contribution in [0, 0.1) is 11.8 Å². The zero-order chi connectivity index (χ0) is 18.6. The molecule has 0 spiro atoms. The summed E-state index contributed by atoms with van der Waals surface area (Å²) in [6.07, 6.45) is -2.18. The standard InChI is InChI=1S/C18H21F3N2O2S/c1-9-6-10-11-7-22-8-12(17(24)18(19,20)21)13(11)23-4-3-5-26-16(14(10)23)15(9)25-2/h3,5,9,12-13,15,22H,4,6-8H2,1-2H3. The Morgan fingerprint density at radius 3 is 2.88 bits per heavy atom. The molecule has 1 N–H and O–H groups in total. The largest absolute Gasteiger partial charge is 0.450 e. The molecular formula is C18H21F3N2O2S. The summed E-state index contributed by atoms with van der Waals surface area (Å²) in [5.74, 6) is -2.51. The van der Waals surface area contributed by atoms with E-state index in [0.717, 1.165) is 28.2 Å². The van der Waals surface area contributed by atoms with Crippen LogP contribution in [-0.4, -0.2) is 55.7 Å². The predicted molar refractivity (Wildman–Crippen MR) is 93.3 cm³/mol. The van der Waals surface area contributed by atoms with Crippen LogP contribution in [0.3, 0.4) is 0 Å². The van der Waals surface area contributed by atoms with Gasteiger partial charge in [-0.05, 0) is 28.9 Å². The number of methoxy groups -OCH3 is 1. The number of rotatable bonds is 2. The van der Waals surface area contributed by atoms with Crippen molar-refractivity contribution < 1.29 is 22.7 Å². The summed E-state index contributed by atoms with van der Waals surface area (Å²) in [6.45, 7) is 3.20. The second-order valence-electron chi connectivity index (χ2n) is 7.24. The normalized spacial score (nSPS) is 34.0. The van der Waals surface area contributed by atoms with Crippen LogP contribution in [0.2, 0.25) is 0 Å². The van der Waals surface area contributed by atoms with E-state index in [2.05, 4.69) is 12.2 Å². The highest BCUT2D eigenvalue weighted by Crippen LogP contribution is 2.51. The van der Waals surface area contributed by atoms with E-state index in [1.165, 1.54) is 0 Å². The van der Waals surface area contributed by atoms with Crippen molar-refractivity contribution in [1.82, 2.24) is 10.2 Å². The minimum absolute atomic E-state index is 0.0546. The molecule has 0 saturated carbocycles. The number of halogens is 3. The number of ether oxygens (including phenoxy) is 1. The summed E-state index contributed by atoms with van der Waals surface area (Å²) in [5.41, 5.74) is 3.05. The third-order valence-electron chi connectivity index (χ3n) is 5.71. The molecule has 3 aliphatic heterocycles. The van der Waals surface area contributed by atoms with Gasteiger partial charge in [-0.3, -0.25) is 4.79 Å². The van der Waals surface area contributed by atoms with E-state index >= 15 is 0 Å². The van der Waals surface area contributed by atoms with Gasteiger partial charge < -0.3 is 15.0 Å². The van der Waals surface area contributed by atoms with Crippen LogP contribution in [0.1, 0.15) is 13.3 Å². The lowest BCUT2D eigenvalue weighted by atomic mass is 9.82. The molecule has 0 aromatic carbocycles. The lowest BCUT2D eigenvalue weighted by Gasteiger charge is -2.39. The molecule has 4 nitrogen and oxygen atoms in total. The van der Waals surface area contributed by atoms with Gasteiger partial charge in [-0.25, -0.2) is 0 Å². The molecule has 0 radical (unpaired) electrons. The van der Waals surface area contributed by atoms with Crippen molar-refractivity contribution in [1.29, 1.82) is 0 Å². The summed E-state index contributed by atoms with van der Waals surface area (Å²) in [7, 11) is 1.67. The first-order chi connectivity index (χ1) is 12.3. The average molecular weight is 386 g/mol. The first kappa shape index (κ1) is 18.1. The fourth-order valence-corrected chi connectivity index (χ4v) is 5.85. The molecule has 4 atom stereocenters. The Bertz CT molecular complexity index is 728. The minimum atomic E-state index is -4.82. The molecule has 0 bridgehead atoms. The maximum atomic E-state index is 13.2. The van der Waals surface area contributed by atoms with Crippen LogP contribution in [0.4, 0.5) is 13.2 Å². The van der Waals surface area contributed by atoms with Gasteiger partial charge in [0, 0.05) is 31.6 Å². The van der Waals surface area contributed by atoms with E-state index in [4.69, 9.17) is 4.74 Å². The number of nitrogens with one attached hydrogen (secondary N) is 1. The summed E-state index contributed by atoms with van der Waals surface area (Å²) in [4.78, 5) is 15.2. The summed E-state index contributed by atoms with van der Waals surface area (Å²) < 4.78 is 45.3. The van der Waals surface area contributed by atoms with Crippen LogP contribution in [0.25, 0.3) is 0 Å². The van der Waals surface area contributed by atoms with Gasteiger partial charge in [0.15, 0.2) is 0 Å². The number of ketones is 1. The lowest BCUT2D eigenvalue weighted by Crippen LogP contribution is -2.53. The van der Waals surface area contributed by atoms with Gasteiger partial charge in [0.05, 0.1) is 23.8 Å². The van der Waals surface area contributed by atoms with Crippen molar-refractivity contribution in [2.24, 2.45) is 11.8 Å². The number of thioether (sulfide) groups is 1. The number of allylic oxidation sites excluding steroid dienone is 1. The van der Waals surface area contributed by atoms with Crippen molar-refractivity contribution >= 4 is 17.5 Å². The minimum Gasteiger partial charge on any atom is -0.376 e. The highest BCUT2D eigenvalue weighted by Gasteiger charge is 2.54. The van der Waals surface area contributed by atoms with Gasteiger partial charge >= 0.3 is 6.18 Å². The molecule has 26 heavy (non-hydrogen) atoms. The highest BCUT2D eigenvalue weighted by atomic mass is 32.2. The van der Waals surface area contributed by atoms with Crippen molar-refractivity contribution in [3.05, 3.63) is 33.2 Å². The molecule has 1 fully saturated rings. The van der Waals surface area contributed by atoms with E-state index in [1.807, 2.05) is 16.4 Å². The Kier molecular flexibility index (Phi) is 4.48. The molecule has 0 amide bonds. The van der Waals surface area contributed by atoms with E-state index in [-0.39, 0.29) is 18.6 Å². The van der Waals surface area contributed by atoms with Crippen LogP contribution < -0.4 is 5.32 Å². The number of hydrogen-bond donors (Lipinski definition) is 1. The van der Waals surface area contributed by atoms with E-state index in [0.29, 0.717) is 13.1 Å². The Morgan fingerprint density at radius 1 is 1.42 bits per heavy atom. The molecule has 142 valence electrons. The number of nitrogens with zero attached hydrogens (tertiary/aromatic N) is 1. The fraction of sp³-hybridized carbons (Fsp3) is 0.611. The highest BCUT2D eigenvalue weighted by molar-refractivity contribution is 8.05. The van der Waals surface area contributed by atoms with Crippen molar-refractivity contribution in [3.8, 4) is 0 Å². The van der Waals surface area contributed by atoms with Gasteiger partial charge in [0.25, 0.3) is 0 Å². The Balaban J connectivity index is 1.84. The van der Waals surface area contributed by atoms with Crippen LogP contribution in [0.5, 0.6) is 0 Å². The third-order valence-corrected chi connectivity index (χ3v) is 6.72. The van der Waals surface area contributed by atoms with Crippen molar-refractivity contribution in [3.63, 3.8) is 0 Å². The summed E-state index contributed by atoms with van der Waals surface area (Å²) in [6, 6.07) is -0.517. The predicted octanol–water partition coefficient (Wildman–Crippen LogP) is 2.84. The first-order valence-electron chi connectivity index (χ1n) is 8.74. The maximum absolute atomic E-state index is 13.2. The number of carbonyl (C=O) groups is 1. The number of Topliss-reactive ketones (excluding diaryl/α,β-unsaturated/α-hetero) is 1. The van der Waals surface area contributed by atoms with Gasteiger partial charge in [-0.1, -0.05) is 24.8 Å². The summed E-state index contributed by atoms with van der Waals surface area (Å²) in [5, 5.41) is 5.02. The van der Waals surface area contributed by atoms with Gasteiger partial charge in [-0.15, -0.1) is 0 Å². The lowest BCUT2D eigenvalue weighted by molar-refractivity contribution is -0.177. The van der Waals surface area contributed by atoms with Crippen molar-refractivity contribution in [2.45, 2.75) is 31.7 Å². The zero-order valence-corrected chi connectivity index (χ0v) is 15.4. The van der Waals surface area contributed by atoms with E-state index in [9.17, 15) is 18.0 Å². The van der Waals surface area contributed by atoms with Gasteiger partial charge in [0.1, 0.15) is 0 Å². The molecule has 1 aliphatic carbocycles. The van der Waals surface area contributed by atoms with Gasteiger partial charge in [0.2, 0.25) is 5.78 Å². The van der Waals surface area contributed by atoms with Crippen LogP contribution in [0.15, 0.2) is 33.2 Å². The molecule has 8 heteroatoms. The summed E-state index contributed by atoms with van der Waals surface area (Å²) >= 11 is 1.58. The molecule has 1 saturated heterocycles. The zero-order valence-electron chi connectivity index (χ0n) is 14.6. The van der Waals surface area contributed by atoms with Gasteiger partial charge in [-0.2, -0.15) is 13.2 Å². The average Bonchev–Trinajstić information content (AvgIpc) is 2.76. The topological polar surface area (TPSA) is 41.6 Å². The SMILES string of the molecule is COC1C2=C3C(=C4CNCC(C(=O)C(F)(F)F)C4N3CC=CS2)CC1C. The van der Waals surface area contributed by atoms with Crippen molar-refractivity contribution in [2.75, 3.05) is 26.7 Å². The molecule has 4 unspecified atom stereocenters. The second kappa shape index (κ2) is 6.42. The smallest absolute Gasteiger partial charge is 0.376 e. The van der Waals surface area contributed by atoms with E-state index < -0.39 is 23.9 Å². The Labute approximate surface area is 154 Å². The number of fused-ring (bicyclic) bond motifs is 2. The molecule has 4 aliphatic rings. The number of alkyl halides is 3. The number of piperidine rings is 1. The second-order valence-corrected chi connectivity index (χ2v) is 8.19. The molecule has 0 aromatic heterocycles. The molecule has 3 heterocycles. The quantitative estimate of drug-likeness (QED) is 0.791. The fourth-order valence-electron chi connectivity index (χ4n) is 4.71. The molecular weight excluding hydrogens is 365 g/mol. The Hall–Kier alpha value is -1.25. The first-order valence-corrected chi connectivity index (χ1v) is 9.61. The Morgan fingerprint density at radius 2 is 2.19 bits per heavy atom. The third kappa shape index (κ3) is 2.65. The van der Waals surface area contributed by atoms with Crippen LogP contribution >= 0.6 is 11.8 Å². The number of carbonyl (C=O) groups excluding carboxylic acids is 1. The maximum Gasteiger partial charge on any atom is 0.450 e. The monoisotopic (exact) mass is 386 g/mol. The molecule has 0 aromatic rings. The molecule has 4 rings (SSSR count). The van der Waals surface area contributed by atoms with Crippen LogP contribution in [-0.2, 0) is 9.53 Å².